The van der Waals surface area contributed by atoms with E-state index in [1.54, 1.807) is 47.0 Å². The number of rotatable bonds is 15. The van der Waals surface area contributed by atoms with E-state index in [4.69, 9.17) is 28.3 Å². The highest BCUT2D eigenvalue weighted by molar-refractivity contribution is 7.32. The van der Waals surface area contributed by atoms with E-state index < -0.39 is 89.4 Å². The second-order valence-electron chi connectivity index (χ2n) is 15.6. The average Bonchev–Trinajstić information content (AvgIpc) is 4.09. The predicted octanol–water partition coefficient (Wildman–Crippen LogP) is 4.29. The van der Waals surface area contributed by atoms with Crippen LogP contribution in [0.5, 0.6) is 0 Å². The van der Waals surface area contributed by atoms with Crippen molar-refractivity contribution in [3.05, 3.63) is 64.0 Å². The maximum absolute atomic E-state index is 14.6. The summed E-state index contributed by atoms with van der Waals surface area (Å²) in [6.07, 6.45) is -5.09. The van der Waals surface area contributed by atoms with Crippen LogP contribution in [0.1, 0.15) is 77.1 Å². The lowest BCUT2D eigenvalue weighted by Crippen LogP contribution is -2.30. The molecule has 29 heteroatoms. The molecular formula is C40H62F2N12O13P2+2. The minimum absolute atomic E-state index is 0. The highest BCUT2D eigenvalue weighted by atomic mass is 31.1. The molecule has 7 rings (SSSR count). The van der Waals surface area contributed by atoms with E-state index in [2.05, 4.69) is 71.2 Å². The summed E-state index contributed by atoms with van der Waals surface area (Å²) in [5.74, 6) is -1.74. The van der Waals surface area contributed by atoms with Gasteiger partial charge < -0.3 is 19.5 Å². The second kappa shape index (κ2) is 26.5. The first-order chi connectivity index (χ1) is 32.8. The number of hydrogen-bond acceptors (Lipinski definition) is 17. The molecule has 0 aliphatic carbocycles. The zero-order valence-corrected chi connectivity index (χ0v) is 40.8. The number of aliphatic hydroxyl groups excluding tert-OH is 1. The highest BCUT2D eigenvalue weighted by Crippen LogP contribution is 2.41. The van der Waals surface area contributed by atoms with Crippen LogP contribution >= 0.6 is 16.5 Å². The summed E-state index contributed by atoms with van der Waals surface area (Å²) in [5, 5.41) is 14.2. The molecule has 2 saturated heterocycles. The standard InChI is InChI=1S/C15H19FN5O6P.C14H17FN5O7P.C6H15N.C5H5N.2H2/c1-4-7-8(16)10(27-28(24)25)14(26-7)21-5-17-9-11(21)18-15(20-13(9)23)19-12(22)6(2)3;1-5(2)11(22)18-14-17-10-8(12(23)19-14)16-4-20(10)13-9(27-28(24)25)7(15)6(3-21)26-13;1-4-7(5-2)6-3;1-2-4-6-5-3-1;;/h5-8,10,14H,4H2,1-3H3,(H2-,18,19,20,22,23,24,25);4-7,9,13,21H,3H2,1-2H3,(H2-,17,18,19,22,23,24,25);4-6H2,1-3H3;1-5H;2*1H/p+2/t7-,8-,10-,14-;6-,7-,9-,13-;;;;/m11..../s1. The van der Waals surface area contributed by atoms with Gasteiger partial charge in [-0.05, 0) is 38.2 Å². The number of alkyl halides is 2. The summed E-state index contributed by atoms with van der Waals surface area (Å²) in [4.78, 5) is 93.4. The number of aliphatic hydroxyl groups is 1. The van der Waals surface area contributed by atoms with Crippen molar-refractivity contribution in [2.24, 2.45) is 11.8 Å². The number of anilines is 2. The van der Waals surface area contributed by atoms with E-state index >= 15 is 0 Å². The molecule has 2 unspecified atom stereocenters. The Bertz CT molecular complexity index is 2430. The van der Waals surface area contributed by atoms with Gasteiger partial charge in [-0.3, -0.25) is 53.9 Å². The molecular weight excluding hydrogens is 956 g/mol. The first kappa shape index (κ1) is 56.1. The number of carbonyl (C=O) groups excluding carboxylic acids is 2. The Labute approximate surface area is 398 Å². The number of amides is 2. The first-order valence-corrected chi connectivity index (χ1v) is 24.0. The van der Waals surface area contributed by atoms with Crippen LogP contribution in [0.25, 0.3) is 22.3 Å². The van der Waals surface area contributed by atoms with Crippen LogP contribution in [0, 0.1) is 11.8 Å². The lowest BCUT2D eigenvalue weighted by molar-refractivity contribution is -0.119. The fourth-order valence-corrected chi connectivity index (χ4v) is 7.45. The lowest BCUT2D eigenvalue weighted by Gasteiger charge is -2.16. The molecule has 5 aromatic rings. The third-order valence-corrected chi connectivity index (χ3v) is 11.2. The van der Waals surface area contributed by atoms with Gasteiger partial charge >= 0.3 is 16.5 Å². The summed E-state index contributed by atoms with van der Waals surface area (Å²) in [7, 11) is -6.26. The van der Waals surface area contributed by atoms with Crippen molar-refractivity contribution >= 4 is 62.5 Å². The number of fused-ring (bicyclic) bond motifs is 2. The molecule has 2 aliphatic rings. The second-order valence-corrected chi connectivity index (χ2v) is 17.0. The topological polar surface area (TPSA) is 333 Å². The minimum atomic E-state index is -3.17. The molecule has 5 aromatic heterocycles. The molecule has 25 nitrogen and oxygen atoms in total. The number of nitrogens with one attached hydrogen (secondary N) is 4. The van der Waals surface area contributed by atoms with Crippen molar-refractivity contribution in [2.45, 2.75) is 111 Å². The van der Waals surface area contributed by atoms with Gasteiger partial charge in [-0.25, -0.2) is 18.7 Å². The molecule has 0 radical (unpaired) electrons. The van der Waals surface area contributed by atoms with Gasteiger partial charge in [0.1, 0.15) is 6.10 Å². The van der Waals surface area contributed by atoms with Crippen molar-refractivity contribution in [1.82, 2.24) is 48.9 Å². The summed E-state index contributed by atoms with van der Waals surface area (Å²) < 4.78 is 74.2. The van der Waals surface area contributed by atoms with Gasteiger partial charge in [0, 0.05) is 36.2 Å². The van der Waals surface area contributed by atoms with E-state index in [1.807, 2.05) is 18.2 Å². The normalized spacial score (nSPS) is 22.4. The molecule has 382 valence electrons. The van der Waals surface area contributed by atoms with Gasteiger partial charge in [0.05, 0.1) is 25.4 Å². The molecule has 0 saturated carbocycles. The third kappa shape index (κ3) is 14.8. The average molecular weight is 1020 g/mol. The fraction of sp³-hybridized carbons (Fsp3) is 0.575. The van der Waals surface area contributed by atoms with Crippen molar-refractivity contribution in [2.75, 3.05) is 36.9 Å². The van der Waals surface area contributed by atoms with Gasteiger partial charge in [-0.2, -0.15) is 9.97 Å². The monoisotopic (exact) mass is 1020 g/mol. The Morgan fingerprint density at radius 3 is 1.48 bits per heavy atom. The quantitative estimate of drug-likeness (QED) is 0.0719. The van der Waals surface area contributed by atoms with Gasteiger partial charge in [0.15, 0.2) is 59.3 Å². The van der Waals surface area contributed by atoms with Gasteiger partial charge in [-0.15, -0.1) is 18.8 Å². The van der Waals surface area contributed by atoms with Crippen molar-refractivity contribution < 1.29 is 63.8 Å². The maximum atomic E-state index is 14.6. The van der Waals surface area contributed by atoms with Crippen LogP contribution in [0.3, 0.4) is 0 Å². The smallest absolute Gasteiger partial charge is 0.394 e. The number of nitrogens with zero attached hydrogens (tertiary/aromatic N) is 8. The van der Waals surface area contributed by atoms with Crippen LogP contribution < -0.4 is 21.8 Å². The number of imidazole rings is 2. The van der Waals surface area contributed by atoms with Crippen LogP contribution in [0.4, 0.5) is 20.7 Å². The first-order valence-electron chi connectivity index (χ1n) is 21.8. The molecule has 2 fully saturated rings. The maximum Gasteiger partial charge on any atom is 0.695 e. The van der Waals surface area contributed by atoms with Crippen LogP contribution in [-0.4, -0.2) is 139 Å². The number of ether oxygens (including phenoxy) is 2. The van der Waals surface area contributed by atoms with E-state index in [0.717, 1.165) is 10.9 Å². The van der Waals surface area contributed by atoms with E-state index in [1.165, 1.54) is 30.5 Å². The Kier molecular flexibility index (Phi) is 21.5. The SMILES string of the molecule is CC(C)C(=O)Nc1nc2c(ncn2[C@@H]2O[C@H](CO)[C@@H](F)[C@H]2O[P+](=O)O)c(=O)[nH]1.CCN(CC)CC.CC[C@H]1O[C@@H](n2cnc3c(=O)[nH]c(NC(=O)C(C)C)nc32)[C@H](O[P+](=O)O)[C@@H]1F.[HH].[HH].c1ccncc1. The Morgan fingerprint density at radius 2 is 1.17 bits per heavy atom. The predicted molar refractivity (Wildman–Crippen MR) is 250 cm³/mol. The van der Waals surface area contributed by atoms with Crippen molar-refractivity contribution in [3.63, 3.8) is 0 Å². The molecule has 7 N–H and O–H groups in total. The number of carbonyl (C=O) groups is 2. The molecule has 10 atom stereocenters. The number of aromatic amines is 2. The van der Waals surface area contributed by atoms with Crippen molar-refractivity contribution in [3.8, 4) is 0 Å². The highest BCUT2D eigenvalue weighted by Gasteiger charge is 2.52. The fourth-order valence-electron chi connectivity index (χ4n) is 6.59. The van der Waals surface area contributed by atoms with E-state index in [0.29, 0.717) is 6.42 Å². The zero-order chi connectivity index (χ0) is 51.1. The van der Waals surface area contributed by atoms with Crippen LogP contribution in [-0.2, 0) is 37.2 Å². The summed E-state index contributed by atoms with van der Waals surface area (Å²) in [5.41, 5.74) is -1.52. The molecule has 69 heavy (non-hydrogen) atoms. The zero-order valence-electron chi connectivity index (χ0n) is 39.0. The summed E-state index contributed by atoms with van der Waals surface area (Å²) in [6, 6.07) is 5.72. The third-order valence-electron chi connectivity index (χ3n) is 10.4. The summed E-state index contributed by atoms with van der Waals surface area (Å²) in [6.45, 7) is 17.8. The number of aromatic nitrogens is 9. The molecule has 2 aliphatic heterocycles. The van der Waals surface area contributed by atoms with E-state index in [9.17, 15) is 42.2 Å². The Balaban J connectivity index is 0.000000380. The van der Waals surface area contributed by atoms with Gasteiger partial charge in [-0.1, -0.05) is 61.5 Å². The minimum Gasteiger partial charge on any atom is -0.394 e. The molecule has 2 amide bonds. The van der Waals surface area contributed by atoms with Crippen LogP contribution in [0.2, 0.25) is 0 Å². The summed E-state index contributed by atoms with van der Waals surface area (Å²) >= 11 is 0. The van der Waals surface area contributed by atoms with Gasteiger partial charge in [0.2, 0.25) is 23.7 Å². The largest absolute Gasteiger partial charge is 0.695 e. The van der Waals surface area contributed by atoms with Crippen LogP contribution in [0.15, 0.2) is 52.8 Å². The van der Waals surface area contributed by atoms with Crippen molar-refractivity contribution in [1.29, 1.82) is 0 Å². The van der Waals surface area contributed by atoms with Gasteiger partial charge in [0.25, 0.3) is 11.1 Å². The number of hydrogen-bond donors (Lipinski definition) is 7. The Morgan fingerprint density at radius 1 is 0.768 bits per heavy atom. The molecule has 0 aromatic carbocycles. The van der Waals surface area contributed by atoms with E-state index in [-0.39, 0.29) is 54.8 Å². The molecule has 0 bridgehead atoms. The Hall–Kier alpha value is -5.47. The molecule has 0 spiro atoms. The molecule has 7 heterocycles. The number of pyridine rings is 1. The number of halogens is 2. The number of H-pyrrole nitrogens is 2. The lowest BCUT2D eigenvalue weighted by atomic mass is 10.1.